The van der Waals surface area contributed by atoms with E-state index >= 15 is 0 Å². The molecule has 7 nitrogen and oxygen atoms in total. The van der Waals surface area contributed by atoms with Gasteiger partial charge in [0, 0.05) is 0 Å². The molecule has 0 aliphatic carbocycles. The van der Waals surface area contributed by atoms with Crippen molar-refractivity contribution >= 4 is 41.7 Å². The molecule has 2 rings (SSSR count). The summed E-state index contributed by atoms with van der Waals surface area (Å²) in [6.45, 7) is 0. The van der Waals surface area contributed by atoms with Gasteiger partial charge in [-0.2, -0.15) is 0 Å². The number of halogens is 1. The van der Waals surface area contributed by atoms with E-state index in [-0.39, 0.29) is 25.7 Å². The largest absolute Gasteiger partial charge is 0.507 e. The first-order valence-electron chi connectivity index (χ1n) is 5.74. The van der Waals surface area contributed by atoms with Crippen molar-refractivity contribution in [1.29, 1.82) is 0 Å². The highest BCUT2D eigenvalue weighted by molar-refractivity contribution is 9.10. The lowest BCUT2D eigenvalue weighted by atomic mass is 10.3. The second-order valence-electron chi connectivity index (χ2n) is 4.29. The minimum Gasteiger partial charge on any atom is -0.507 e. The molecule has 0 saturated carbocycles. The molecule has 0 aliphatic rings. The molecular weight excluding hydrogens is 396 g/mol. The van der Waals surface area contributed by atoms with Crippen LogP contribution in [0, 0.1) is 0 Å². The Hall–Kier alpha value is -1.62. The fourth-order valence-corrected chi connectivity index (χ4v) is 3.77. The highest BCUT2D eigenvalue weighted by Crippen LogP contribution is 2.27. The standard InChI is InChI=1S/C12H11BrN2O5S2/c13-11-7-10(4-5-12(11)16)22(19,20)15-8-2-1-3-9(6-8)21(14,17)18/h1-7,15-16H,(H2,14,17,18). The van der Waals surface area contributed by atoms with Gasteiger partial charge in [-0.25, -0.2) is 22.0 Å². The van der Waals surface area contributed by atoms with E-state index in [1.807, 2.05) is 0 Å². The number of nitrogens with two attached hydrogens (primary N) is 1. The van der Waals surface area contributed by atoms with Crippen LogP contribution >= 0.6 is 15.9 Å². The lowest BCUT2D eigenvalue weighted by Gasteiger charge is -2.09. The maximum atomic E-state index is 12.2. The molecule has 0 saturated heterocycles. The van der Waals surface area contributed by atoms with E-state index in [2.05, 4.69) is 20.7 Å². The van der Waals surface area contributed by atoms with Gasteiger partial charge in [0.15, 0.2) is 0 Å². The Labute approximate surface area is 136 Å². The van der Waals surface area contributed by atoms with Crippen LogP contribution in [0.2, 0.25) is 0 Å². The van der Waals surface area contributed by atoms with Crippen LogP contribution in [-0.4, -0.2) is 21.9 Å². The number of phenols is 1. The zero-order chi connectivity index (χ0) is 16.5. The fraction of sp³-hybridized carbons (Fsp3) is 0. The second kappa shape index (κ2) is 5.88. The van der Waals surface area contributed by atoms with Crippen LogP contribution < -0.4 is 9.86 Å². The number of hydrogen-bond donors (Lipinski definition) is 3. The van der Waals surface area contributed by atoms with Crippen molar-refractivity contribution in [2.45, 2.75) is 9.79 Å². The molecule has 0 bridgehead atoms. The molecular formula is C12H11BrN2O5S2. The minimum atomic E-state index is -3.94. The number of benzene rings is 2. The van der Waals surface area contributed by atoms with Crippen LogP contribution in [0.5, 0.6) is 5.75 Å². The Morgan fingerprint density at radius 1 is 1.00 bits per heavy atom. The van der Waals surface area contributed by atoms with Crippen molar-refractivity contribution in [3.05, 3.63) is 46.9 Å². The summed E-state index contributed by atoms with van der Waals surface area (Å²) in [5.74, 6) is -0.102. The Morgan fingerprint density at radius 3 is 2.27 bits per heavy atom. The molecule has 4 N–H and O–H groups in total. The molecule has 0 fully saturated rings. The third kappa shape index (κ3) is 3.77. The number of aromatic hydroxyl groups is 1. The number of phenolic OH excluding ortho intramolecular Hbond substituents is 1. The number of hydrogen-bond acceptors (Lipinski definition) is 5. The summed E-state index contributed by atoms with van der Waals surface area (Å²) in [6, 6.07) is 8.78. The molecule has 2 aromatic carbocycles. The fourth-order valence-electron chi connectivity index (χ4n) is 1.61. The third-order valence-corrected chi connectivity index (χ3v) is 5.57. The Balaban J connectivity index is 2.39. The lowest BCUT2D eigenvalue weighted by Crippen LogP contribution is -2.15. The number of nitrogens with one attached hydrogen (secondary N) is 1. The maximum absolute atomic E-state index is 12.2. The van der Waals surface area contributed by atoms with Gasteiger partial charge in [-0.3, -0.25) is 4.72 Å². The van der Waals surface area contributed by atoms with E-state index in [0.29, 0.717) is 0 Å². The summed E-state index contributed by atoms with van der Waals surface area (Å²) in [6.07, 6.45) is 0. The smallest absolute Gasteiger partial charge is 0.261 e. The van der Waals surface area contributed by atoms with E-state index < -0.39 is 20.0 Å². The molecule has 0 heterocycles. The molecule has 0 spiro atoms. The first-order chi connectivity index (χ1) is 10.1. The van der Waals surface area contributed by atoms with Gasteiger partial charge in [-0.05, 0) is 52.3 Å². The van der Waals surface area contributed by atoms with Crippen molar-refractivity contribution < 1.29 is 21.9 Å². The average molecular weight is 407 g/mol. The summed E-state index contributed by atoms with van der Waals surface area (Å²) in [4.78, 5) is -0.308. The number of rotatable bonds is 4. The number of anilines is 1. The highest BCUT2D eigenvalue weighted by Gasteiger charge is 2.17. The zero-order valence-electron chi connectivity index (χ0n) is 10.9. The maximum Gasteiger partial charge on any atom is 0.261 e. The van der Waals surface area contributed by atoms with E-state index in [1.165, 1.54) is 36.4 Å². The quantitative estimate of drug-likeness (QED) is 0.710. The average Bonchev–Trinajstić information content (AvgIpc) is 2.40. The Morgan fingerprint density at radius 2 is 1.68 bits per heavy atom. The van der Waals surface area contributed by atoms with E-state index in [1.54, 1.807) is 0 Å². The number of primary sulfonamides is 1. The van der Waals surface area contributed by atoms with Crippen molar-refractivity contribution in [2.75, 3.05) is 4.72 Å². The summed E-state index contributed by atoms with van der Waals surface area (Å²) < 4.78 is 49.5. The van der Waals surface area contributed by atoms with E-state index in [4.69, 9.17) is 5.14 Å². The van der Waals surface area contributed by atoms with Crippen molar-refractivity contribution in [2.24, 2.45) is 5.14 Å². The van der Waals surface area contributed by atoms with Crippen molar-refractivity contribution in [1.82, 2.24) is 0 Å². The van der Waals surface area contributed by atoms with Gasteiger partial charge in [0.1, 0.15) is 5.75 Å². The van der Waals surface area contributed by atoms with Crippen LogP contribution in [0.1, 0.15) is 0 Å². The van der Waals surface area contributed by atoms with Crippen LogP contribution in [0.15, 0.2) is 56.7 Å². The molecule has 2 aromatic rings. The minimum absolute atomic E-state index is 0.0516. The van der Waals surface area contributed by atoms with Crippen LogP contribution in [-0.2, 0) is 20.0 Å². The molecule has 22 heavy (non-hydrogen) atoms. The van der Waals surface area contributed by atoms with Crippen LogP contribution in [0.4, 0.5) is 5.69 Å². The SMILES string of the molecule is NS(=O)(=O)c1cccc(NS(=O)(=O)c2ccc(O)c(Br)c2)c1. The molecule has 0 atom stereocenters. The Bertz CT molecular complexity index is 926. The molecule has 0 amide bonds. The lowest BCUT2D eigenvalue weighted by molar-refractivity contribution is 0.471. The van der Waals surface area contributed by atoms with Crippen molar-refractivity contribution in [3.8, 4) is 5.75 Å². The van der Waals surface area contributed by atoms with Gasteiger partial charge >= 0.3 is 0 Å². The normalized spacial score (nSPS) is 12.1. The first-order valence-corrected chi connectivity index (χ1v) is 9.56. The summed E-state index contributed by atoms with van der Waals surface area (Å²) in [5, 5.41) is 14.4. The summed E-state index contributed by atoms with van der Waals surface area (Å²) in [5.41, 5.74) is 0.0516. The monoisotopic (exact) mass is 406 g/mol. The van der Waals surface area contributed by atoms with Gasteiger partial charge in [-0.1, -0.05) is 6.07 Å². The van der Waals surface area contributed by atoms with Gasteiger partial charge in [0.05, 0.1) is 20.0 Å². The zero-order valence-corrected chi connectivity index (χ0v) is 14.1. The van der Waals surface area contributed by atoms with Gasteiger partial charge in [0.25, 0.3) is 10.0 Å². The second-order valence-corrected chi connectivity index (χ2v) is 8.39. The van der Waals surface area contributed by atoms with Gasteiger partial charge < -0.3 is 5.11 Å². The molecule has 118 valence electrons. The molecule has 0 unspecified atom stereocenters. The van der Waals surface area contributed by atoms with E-state index in [0.717, 1.165) is 6.07 Å². The third-order valence-electron chi connectivity index (χ3n) is 2.64. The molecule has 0 aromatic heterocycles. The Kier molecular flexibility index (Phi) is 4.47. The van der Waals surface area contributed by atoms with Crippen LogP contribution in [0.3, 0.4) is 0 Å². The predicted octanol–water partition coefficient (Wildman–Crippen LogP) is 1.60. The number of sulfonamides is 2. The molecule has 10 heteroatoms. The van der Waals surface area contributed by atoms with Gasteiger partial charge in [0.2, 0.25) is 10.0 Å². The summed E-state index contributed by atoms with van der Waals surface area (Å²) in [7, 11) is -7.87. The summed E-state index contributed by atoms with van der Waals surface area (Å²) >= 11 is 3.02. The van der Waals surface area contributed by atoms with E-state index in [9.17, 15) is 21.9 Å². The topological polar surface area (TPSA) is 127 Å². The molecule has 0 aliphatic heterocycles. The first kappa shape index (κ1) is 16.7. The van der Waals surface area contributed by atoms with Gasteiger partial charge in [-0.15, -0.1) is 0 Å². The van der Waals surface area contributed by atoms with Crippen molar-refractivity contribution in [3.63, 3.8) is 0 Å². The van der Waals surface area contributed by atoms with Crippen LogP contribution in [0.25, 0.3) is 0 Å². The predicted molar refractivity (Wildman–Crippen MR) is 84.4 cm³/mol. The molecule has 0 radical (unpaired) electrons. The highest BCUT2D eigenvalue weighted by atomic mass is 79.9.